The molecule has 0 aliphatic carbocycles. The molecule has 0 fully saturated rings. The Morgan fingerprint density at radius 2 is 2.00 bits per heavy atom. The normalized spacial score (nSPS) is 10.9. The highest BCUT2D eigenvalue weighted by Crippen LogP contribution is 2.22. The van der Waals surface area contributed by atoms with Gasteiger partial charge in [0, 0.05) is 10.1 Å². The average molecular weight is 221 g/mol. The van der Waals surface area contributed by atoms with Crippen molar-refractivity contribution in [2.24, 2.45) is 0 Å². The van der Waals surface area contributed by atoms with E-state index in [2.05, 4.69) is 15.8 Å². The molecule has 0 spiro atoms. The van der Waals surface area contributed by atoms with E-state index in [0.29, 0.717) is 12.2 Å². The lowest BCUT2D eigenvalue weighted by Gasteiger charge is -1.99. The quantitative estimate of drug-likeness (QED) is 0.284. The number of ether oxygens (including phenoxy) is 1. The van der Waals surface area contributed by atoms with Gasteiger partial charge in [-0.3, -0.25) is 0 Å². The van der Waals surface area contributed by atoms with E-state index in [9.17, 15) is 9.36 Å². The van der Waals surface area contributed by atoms with Gasteiger partial charge in [0.2, 0.25) is 0 Å². The third kappa shape index (κ3) is 6.71. The maximum Gasteiger partial charge on any atom is 0.697 e. The summed E-state index contributed by atoms with van der Waals surface area (Å²) >= 11 is 0. The number of hydrogen-bond donors (Lipinski definition) is 0. The van der Waals surface area contributed by atoms with E-state index in [4.69, 9.17) is 4.52 Å². The van der Waals surface area contributed by atoms with Crippen LogP contribution in [0.4, 0.5) is 0 Å². The van der Waals surface area contributed by atoms with Crippen LogP contribution in [0.15, 0.2) is 12.2 Å². The molecule has 6 heteroatoms. The van der Waals surface area contributed by atoms with E-state index in [-0.39, 0.29) is 13.2 Å². The van der Waals surface area contributed by atoms with Gasteiger partial charge >= 0.3 is 14.2 Å². The molecular weight excluding hydrogens is 207 g/mol. The molecule has 80 valence electrons. The van der Waals surface area contributed by atoms with Gasteiger partial charge in [-0.1, -0.05) is 6.58 Å². The molecule has 0 aromatic heterocycles. The molecule has 0 rings (SSSR count). The molecule has 14 heavy (non-hydrogen) atoms. The van der Waals surface area contributed by atoms with Gasteiger partial charge in [0.1, 0.15) is 19.8 Å². The molecule has 0 aliphatic heterocycles. The van der Waals surface area contributed by atoms with E-state index >= 15 is 0 Å². The molecule has 0 saturated heterocycles. The van der Waals surface area contributed by atoms with Gasteiger partial charge in [-0.15, -0.1) is 9.05 Å². The fraction of sp³-hybridized carbons (Fsp3) is 0.625. The molecule has 1 unspecified atom stereocenters. The zero-order chi connectivity index (χ0) is 11.0. The Kier molecular flexibility index (Phi) is 7.20. The minimum absolute atomic E-state index is 0.0415. The number of hydrogen-bond acceptors (Lipinski definition) is 5. The van der Waals surface area contributed by atoms with E-state index in [1.165, 1.54) is 0 Å². The molecule has 0 radical (unpaired) electrons. The summed E-state index contributed by atoms with van der Waals surface area (Å²) in [5.74, 6) is -0.486. The molecule has 0 amide bonds. The largest absolute Gasteiger partial charge is 0.697 e. The van der Waals surface area contributed by atoms with Crippen molar-refractivity contribution < 1.29 is 23.1 Å². The van der Waals surface area contributed by atoms with E-state index in [0.717, 1.165) is 0 Å². The zero-order valence-electron chi connectivity index (χ0n) is 8.32. The van der Waals surface area contributed by atoms with Crippen LogP contribution < -0.4 is 0 Å². The highest BCUT2D eigenvalue weighted by atomic mass is 31.1. The van der Waals surface area contributed by atoms with Crippen LogP contribution in [0.25, 0.3) is 0 Å². The first-order chi connectivity index (χ1) is 6.57. The molecular formula is C8H14O5P+. The van der Waals surface area contributed by atoms with Crippen molar-refractivity contribution >= 4 is 14.2 Å². The molecule has 0 saturated carbocycles. The van der Waals surface area contributed by atoms with Gasteiger partial charge in [-0.05, 0) is 13.8 Å². The molecule has 0 aromatic rings. The number of carbonyl (C=O) groups excluding carboxylic acids is 1. The number of esters is 1. The highest BCUT2D eigenvalue weighted by Gasteiger charge is 2.18. The summed E-state index contributed by atoms with van der Waals surface area (Å²) in [6.45, 7) is 7.06. The molecule has 5 nitrogen and oxygen atoms in total. The third-order valence-corrected chi connectivity index (χ3v) is 1.96. The van der Waals surface area contributed by atoms with Crippen molar-refractivity contribution in [3.63, 3.8) is 0 Å². The lowest BCUT2D eigenvalue weighted by atomic mass is 10.4. The van der Waals surface area contributed by atoms with Crippen LogP contribution in [0.5, 0.6) is 0 Å². The number of carbonyl (C=O) groups is 1. The van der Waals surface area contributed by atoms with Gasteiger partial charge in [0.25, 0.3) is 0 Å². The first-order valence-corrected chi connectivity index (χ1v) is 5.23. The van der Waals surface area contributed by atoms with Gasteiger partial charge in [-0.2, -0.15) is 0 Å². The Bertz CT molecular complexity index is 226. The topological polar surface area (TPSA) is 61.8 Å². The molecule has 0 bridgehead atoms. The predicted octanol–water partition coefficient (Wildman–Crippen LogP) is 1.82. The van der Waals surface area contributed by atoms with Crippen LogP contribution in [0, 0.1) is 0 Å². The predicted molar refractivity (Wildman–Crippen MR) is 51.0 cm³/mol. The van der Waals surface area contributed by atoms with Crippen LogP contribution in [0.1, 0.15) is 13.8 Å². The van der Waals surface area contributed by atoms with Crippen LogP contribution in [0.3, 0.4) is 0 Å². The van der Waals surface area contributed by atoms with Crippen molar-refractivity contribution in [3.05, 3.63) is 12.2 Å². The Hall–Kier alpha value is -0.770. The Morgan fingerprint density at radius 3 is 2.50 bits per heavy atom. The molecule has 0 aliphatic rings. The van der Waals surface area contributed by atoms with Crippen molar-refractivity contribution in [2.45, 2.75) is 13.8 Å². The monoisotopic (exact) mass is 221 g/mol. The van der Waals surface area contributed by atoms with Crippen molar-refractivity contribution in [2.75, 3.05) is 19.8 Å². The second-order valence-corrected chi connectivity index (χ2v) is 3.35. The zero-order valence-corrected chi connectivity index (χ0v) is 9.21. The van der Waals surface area contributed by atoms with Crippen LogP contribution in [-0.4, -0.2) is 25.8 Å². The van der Waals surface area contributed by atoms with E-state index in [1.54, 1.807) is 13.8 Å². The van der Waals surface area contributed by atoms with Gasteiger partial charge in [0.05, 0.1) is 0 Å². The summed E-state index contributed by atoms with van der Waals surface area (Å²) in [6, 6.07) is 0. The standard InChI is InChI=1S/C8H14O5P/c1-4-12-14(10)13-6-5-11-8(9)7(2)3/h2,4-6H2,1,3H3/q+1. The summed E-state index contributed by atoms with van der Waals surface area (Å²) in [5, 5.41) is 0. The Morgan fingerprint density at radius 1 is 1.36 bits per heavy atom. The SMILES string of the molecule is C=C(C)C(=O)OCCO[P+](=O)OCC. The molecule has 1 atom stereocenters. The summed E-state index contributed by atoms with van der Waals surface area (Å²) in [6.07, 6.45) is 0. The maximum absolute atomic E-state index is 10.8. The first-order valence-electron chi connectivity index (χ1n) is 4.13. The fourth-order valence-electron chi connectivity index (χ4n) is 0.512. The summed E-state index contributed by atoms with van der Waals surface area (Å²) in [4.78, 5) is 10.8. The summed E-state index contributed by atoms with van der Waals surface area (Å²) in [5.41, 5.74) is 0.319. The van der Waals surface area contributed by atoms with Gasteiger partial charge in [0.15, 0.2) is 0 Å². The Labute approximate surface area is 84.0 Å². The van der Waals surface area contributed by atoms with E-state index in [1.807, 2.05) is 0 Å². The van der Waals surface area contributed by atoms with E-state index < -0.39 is 14.2 Å². The summed E-state index contributed by atoms with van der Waals surface area (Å²) < 4.78 is 24.8. The molecule has 0 N–H and O–H groups in total. The summed E-state index contributed by atoms with van der Waals surface area (Å²) in [7, 11) is -2.09. The minimum Gasteiger partial charge on any atom is -0.460 e. The maximum atomic E-state index is 10.8. The van der Waals surface area contributed by atoms with Gasteiger partial charge in [-0.25, -0.2) is 4.79 Å². The second-order valence-electron chi connectivity index (χ2n) is 2.39. The number of rotatable bonds is 7. The van der Waals surface area contributed by atoms with Crippen molar-refractivity contribution in [1.29, 1.82) is 0 Å². The lowest BCUT2D eigenvalue weighted by molar-refractivity contribution is -0.139. The average Bonchev–Trinajstić information content (AvgIpc) is 2.12. The third-order valence-electron chi connectivity index (χ3n) is 1.10. The lowest BCUT2D eigenvalue weighted by Crippen LogP contribution is -2.09. The highest BCUT2D eigenvalue weighted by molar-refractivity contribution is 7.33. The molecule has 0 aromatic carbocycles. The second kappa shape index (κ2) is 7.62. The van der Waals surface area contributed by atoms with Crippen LogP contribution in [0.2, 0.25) is 0 Å². The first kappa shape index (κ1) is 13.2. The van der Waals surface area contributed by atoms with Crippen LogP contribution in [-0.2, 0) is 23.1 Å². The van der Waals surface area contributed by atoms with Crippen LogP contribution >= 0.6 is 8.25 Å². The van der Waals surface area contributed by atoms with Gasteiger partial charge < -0.3 is 4.74 Å². The minimum atomic E-state index is -2.09. The molecule has 0 heterocycles. The smallest absolute Gasteiger partial charge is 0.460 e. The van der Waals surface area contributed by atoms with Crippen molar-refractivity contribution in [1.82, 2.24) is 0 Å². The Balaban J connectivity index is 3.42. The van der Waals surface area contributed by atoms with Crippen molar-refractivity contribution in [3.8, 4) is 0 Å². The fourth-order valence-corrected chi connectivity index (χ4v) is 1.02.